The van der Waals surface area contributed by atoms with Gasteiger partial charge >= 0.3 is 0 Å². The summed E-state index contributed by atoms with van der Waals surface area (Å²) >= 11 is 0. The van der Waals surface area contributed by atoms with Crippen LogP contribution in [0.1, 0.15) is 13.3 Å². The maximum Gasteiger partial charge on any atom is 0.246 e. The van der Waals surface area contributed by atoms with Crippen molar-refractivity contribution in [2.45, 2.75) is 24.3 Å². The van der Waals surface area contributed by atoms with E-state index in [2.05, 4.69) is 0 Å². The van der Waals surface area contributed by atoms with Gasteiger partial charge in [-0.05, 0) is 13.3 Å². The molecule has 0 saturated heterocycles. The van der Waals surface area contributed by atoms with Crippen molar-refractivity contribution < 1.29 is 21.6 Å². The molecule has 0 heterocycles. The summed E-state index contributed by atoms with van der Waals surface area (Å²) in [5.41, 5.74) is 5.41. The second kappa shape index (κ2) is 5.68. The predicted octanol–water partition coefficient (Wildman–Crippen LogP) is 1.12. The Balaban J connectivity index is 2.99. The van der Waals surface area contributed by atoms with Gasteiger partial charge in [0.1, 0.15) is 17.5 Å². The third-order valence-corrected chi connectivity index (χ3v) is 3.64. The first kappa shape index (κ1) is 14.9. The third-order valence-electron chi connectivity index (χ3n) is 2.12. The zero-order valence-electron chi connectivity index (χ0n) is 9.58. The molecule has 3 N–H and O–H groups in total. The Bertz CT molecular complexity index is 509. The van der Waals surface area contributed by atoms with Crippen molar-refractivity contribution in [3.8, 4) is 0 Å². The maximum absolute atomic E-state index is 13.3. The number of hydrogen-bond donors (Lipinski definition) is 2. The molecule has 0 aliphatic rings. The summed E-state index contributed by atoms with van der Waals surface area (Å²) in [6.07, 6.45) is 0.309. The molecule has 0 fully saturated rings. The van der Waals surface area contributed by atoms with Crippen LogP contribution in [0, 0.1) is 17.5 Å². The lowest BCUT2D eigenvalue weighted by Crippen LogP contribution is -2.30. The van der Waals surface area contributed by atoms with Crippen LogP contribution >= 0.6 is 0 Å². The highest BCUT2D eigenvalue weighted by Gasteiger charge is 2.24. The molecule has 102 valence electrons. The average molecular weight is 282 g/mol. The summed E-state index contributed by atoms with van der Waals surface area (Å²) in [5.74, 6) is -4.12. The SMILES string of the molecule is CC(N)CCNS(=O)(=O)c1c(F)cc(F)cc1F. The van der Waals surface area contributed by atoms with E-state index in [9.17, 15) is 21.6 Å². The van der Waals surface area contributed by atoms with Gasteiger partial charge in [0.05, 0.1) is 0 Å². The number of halogens is 3. The summed E-state index contributed by atoms with van der Waals surface area (Å²) < 4.78 is 64.4. The molecule has 1 rings (SSSR count). The molecule has 0 aliphatic carbocycles. The zero-order chi connectivity index (χ0) is 13.9. The number of hydrogen-bond acceptors (Lipinski definition) is 3. The number of nitrogens with two attached hydrogens (primary N) is 1. The monoisotopic (exact) mass is 282 g/mol. The first-order valence-corrected chi connectivity index (χ1v) is 6.62. The van der Waals surface area contributed by atoms with E-state index in [0.717, 1.165) is 0 Å². The molecule has 1 unspecified atom stereocenters. The Morgan fingerprint density at radius 2 is 1.78 bits per heavy atom. The van der Waals surface area contributed by atoms with Gasteiger partial charge in [0.25, 0.3) is 0 Å². The molecule has 0 amide bonds. The Hall–Kier alpha value is -1.12. The molecule has 0 saturated carbocycles. The topological polar surface area (TPSA) is 72.2 Å². The highest BCUT2D eigenvalue weighted by atomic mass is 32.2. The molecule has 0 bridgehead atoms. The van der Waals surface area contributed by atoms with Crippen LogP contribution in [0.25, 0.3) is 0 Å². The van der Waals surface area contributed by atoms with Crippen molar-refractivity contribution >= 4 is 10.0 Å². The number of nitrogens with one attached hydrogen (secondary N) is 1. The molecule has 0 radical (unpaired) electrons. The van der Waals surface area contributed by atoms with Crippen molar-refractivity contribution in [2.75, 3.05) is 6.54 Å². The van der Waals surface area contributed by atoms with E-state index in [1.165, 1.54) is 0 Å². The molecular weight excluding hydrogens is 269 g/mol. The van der Waals surface area contributed by atoms with E-state index < -0.39 is 32.4 Å². The maximum atomic E-state index is 13.3. The summed E-state index contributed by atoms with van der Waals surface area (Å²) in [6.45, 7) is 1.60. The van der Waals surface area contributed by atoms with Gasteiger partial charge in [0.2, 0.25) is 10.0 Å². The molecular formula is C10H13F3N2O2S. The van der Waals surface area contributed by atoms with E-state index >= 15 is 0 Å². The van der Waals surface area contributed by atoms with Crippen LogP contribution in [-0.4, -0.2) is 21.0 Å². The zero-order valence-corrected chi connectivity index (χ0v) is 10.4. The van der Waals surface area contributed by atoms with Gasteiger partial charge in [0, 0.05) is 24.7 Å². The van der Waals surface area contributed by atoms with Crippen LogP contribution in [0.2, 0.25) is 0 Å². The molecule has 8 heteroatoms. The Labute approximate surface area is 103 Å². The van der Waals surface area contributed by atoms with Crippen LogP contribution in [0.15, 0.2) is 17.0 Å². The molecule has 1 atom stereocenters. The predicted molar refractivity (Wildman–Crippen MR) is 59.8 cm³/mol. The highest BCUT2D eigenvalue weighted by Crippen LogP contribution is 2.19. The number of benzene rings is 1. The van der Waals surface area contributed by atoms with Gasteiger partial charge in [-0.2, -0.15) is 0 Å². The summed E-state index contributed by atoms with van der Waals surface area (Å²) in [5, 5.41) is 0. The van der Waals surface area contributed by atoms with Crippen LogP contribution < -0.4 is 10.5 Å². The Morgan fingerprint density at radius 3 is 2.22 bits per heavy atom. The van der Waals surface area contributed by atoms with Gasteiger partial charge in [-0.15, -0.1) is 0 Å². The van der Waals surface area contributed by atoms with Gasteiger partial charge in [-0.3, -0.25) is 0 Å². The Morgan fingerprint density at radius 1 is 1.28 bits per heavy atom. The van der Waals surface area contributed by atoms with E-state index in [-0.39, 0.29) is 12.6 Å². The lowest BCUT2D eigenvalue weighted by atomic mass is 10.3. The second-order valence-corrected chi connectivity index (χ2v) is 5.57. The van der Waals surface area contributed by atoms with Crippen LogP contribution in [0.5, 0.6) is 0 Å². The van der Waals surface area contributed by atoms with Gasteiger partial charge < -0.3 is 5.73 Å². The minimum Gasteiger partial charge on any atom is -0.328 e. The largest absolute Gasteiger partial charge is 0.328 e. The van der Waals surface area contributed by atoms with Crippen molar-refractivity contribution in [1.82, 2.24) is 4.72 Å². The van der Waals surface area contributed by atoms with E-state index in [1.54, 1.807) is 6.92 Å². The van der Waals surface area contributed by atoms with Crippen LogP contribution in [0.4, 0.5) is 13.2 Å². The van der Waals surface area contributed by atoms with Gasteiger partial charge in [0.15, 0.2) is 4.90 Å². The lowest BCUT2D eigenvalue weighted by Gasteiger charge is -2.09. The first-order valence-electron chi connectivity index (χ1n) is 5.14. The van der Waals surface area contributed by atoms with E-state index in [1.807, 2.05) is 4.72 Å². The molecule has 1 aromatic carbocycles. The fourth-order valence-corrected chi connectivity index (χ4v) is 2.44. The smallest absolute Gasteiger partial charge is 0.246 e. The van der Waals surface area contributed by atoms with Crippen molar-refractivity contribution in [2.24, 2.45) is 5.73 Å². The Kier molecular flexibility index (Phi) is 4.71. The first-order chi connectivity index (χ1) is 8.24. The quantitative estimate of drug-likeness (QED) is 0.850. The van der Waals surface area contributed by atoms with E-state index in [4.69, 9.17) is 5.73 Å². The molecule has 0 aliphatic heterocycles. The van der Waals surface area contributed by atoms with Crippen molar-refractivity contribution in [3.05, 3.63) is 29.6 Å². The molecule has 0 aromatic heterocycles. The average Bonchev–Trinajstić information content (AvgIpc) is 2.13. The number of sulfonamides is 1. The molecule has 4 nitrogen and oxygen atoms in total. The summed E-state index contributed by atoms with van der Waals surface area (Å²) in [7, 11) is -4.36. The third kappa shape index (κ3) is 3.69. The molecule has 0 spiro atoms. The van der Waals surface area contributed by atoms with Crippen molar-refractivity contribution in [3.63, 3.8) is 0 Å². The van der Waals surface area contributed by atoms with Gasteiger partial charge in [-0.1, -0.05) is 0 Å². The molecule has 18 heavy (non-hydrogen) atoms. The minimum absolute atomic E-state index is 0.0593. The number of rotatable bonds is 5. The summed E-state index contributed by atoms with van der Waals surface area (Å²) in [6, 6.07) is 0.363. The normalized spacial score (nSPS) is 13.6. The van der Waals surface area contributed by atoms with Gasteiger partial charge in [-0.25, -0.2) is 26.3 Å². The molecule has 1 aromatic rings. The summed E-state index contributed by atoms with van der Waals surface area (Å²) in [4.78, 5) is -1.19. The fraction of sp³-hybridized carbons (Fsp3) is 0.400. The fourth-order valence-electron chi connectivity index (χ4n) is 1.28. The minimum atomic E-state index is -4.36. The van der Waals surface area contributed by atoms with Crippen LogP contribution in [0.3, 0.4) is 0 Å². The standard InChI is InChI=1S/C10H13F3N2O2S/c1-6(14)2-3-15-18(16,17)10-8(12)4-7(11)5-9(10)13/h4-6,15H,2-3,14H2,1H3. The lowest BCUT2D eigenvalue weighted by molar-refractivity contribution is 0.493. The van der Waals surface area contributed by atoms with E-state index in [0.29, 0.717) is 18.6 Å². The second-order valence-electron chi connectivity index (χ2n) is 3.86. The van der Waals surface area contributed by atoms with Crippen LogP contribution in [-0.2, 0) is 10.0 Å². The van der Waals surface area contributed by atoms with Crippen molar-refractivity contribution in [1.29, 1.82) is 0 Å². The highest BCUT2D eigenvalue weighted by molar-refractivity contribution is 7.89.